The van der Waals surface area contributed by atoms with Gasteiger partial charge in [-0.2, -0.15) is 0 Å². The molecule has 0 saturated heterocycles. The maximum absolute atomic E-state index is 5.45. The number of nitrogens with one attached hydrogen (secondary N) is 2. The van der Waals surface area contributed by atoms with Crippen molar-refractivity contribution in [3.8, 4) is 11.5 Å². The van der Waals surface area contributed by atoms with Gasteiger partial charge >= 0.3 is 0 Å². The van der Waals surface area contributed by atoms with E-state index < -0.39 is 0 Å². The van der Waals surface area contributed by atoms with Crippen LogP contribution in [0.1, 0.15) is 23.9 Å². The number of benzene rings is 1. The number of hydrogen-bond acceptors (Lipinski definition) is 6. The largest absolute Gasteiger partial charge is 0.493 e. The van der Waals surface area contributed by atoms with E-state index in [1.54, 1.807) is 27.6 Å². The molecule has 0 saturated carbocycles. The maximum Gasteiger partial charge on any atom is 0.191 e. The molecule has 9 heteroatoms. The first-order chi connectivity index (χ1) is 14.7. The molecule has 0 aliphatic carbocycles. The van der Waals surface area contributed by atoms with Crippen molar-refractivity contribution in [3.63, 3.8) is 0 Å². The first-order valence-corrected chi connectivity index (χ1v) is 10.5. The molecule has 0 bridgehead atoms. The quantitative estimate of drug-likeness (QED) is 0.468. The van der Waals surface area contributed by atoms with Crippen molar-refractivity contribution in [1.82, 2.24) is 30.3 Å². The summed E-state index contributed by atoms with van der Waals surface area (Å²) in [5.41, 5.74) is 2.65. The zero-order valence-electron chi connectivity index (χ0n) is 18.4. The van der Waals surface area contributed by atoms with E-state index in [0.29, 0.717) is 0 Å². The summed E-state index contributed by atoms with van der Waals surface area (Å²) >= 11 is 0. The van der Waals surface area contributed by atoms with Gasteiger partial charge in [-0.3, -0.25) is 9.89 Å². The van der Waals surface area contributed by atoms with Gasteiger partial charge in [-0.15, -0.1) is 10.2 Å². The lowest BCUT2D eigenvalue weighted by Gasteiger charge is -2.29. The van der Waals surface area contributed by atoms with Gasteiger partial charge in [0, 0.05) is 52.7 Å². The van der Waals surface area contributed by atoms with E-state index in [1.165, 1.54) is 11.1 Å². The summed E-state index contributed by atoms with van der Waals surface area (Å²) in [7, 11) is 5.16. The third kappa shape index (κ3) is 5.41. The van der Waals surface area contributed by atoms with Crippen LogP contribution in [0.5, 0.6) is 11.5 Å². The minimum atomic E-state index is 0.767. The van der Waals surface area contributed by atoms with Gasteiger partial charge in [-0.05, 0) is 29.7 Å². The van der Waals surface area contributed by atoms with E-state index in [2.05, 4.69) is 54.3 Å². The molecular formula is C21H33N7O2. The first-order valence-electron chi connectivity index (χ1n) is 10.5. The van der Waals surface area contributed by atoms with Crippen molar-refractivity contribution in [3.05, 3.63) is 35.4 Å². The van der Waals surface area contributed by atoms with Gasteiger partial charge in [0.25, 0.3) is 0 Å². The Labute approximate surface area is 178 Å². The van der Waals surface area contributed by atoms with Gasteiger partial charge < -0.3 is 24.7 Å². The second-order valence-corrected chi connectivity index (χ2v) is 7.22. The SMILES string of the molecule is CCc1nncn1CCNC(=NC)NCCN1CCc2cc(OC)c(OC)cc2C1. The summed E-state index contributed by atoms with van der Waals surface area (Å²) < 4.78 is 12.9. The van der Waals surface area contributed by atoms with Crippen LogP contribution in [0.2, 0.25) is 0 Å². The molecule has 30 heavy (non-hydrogen) atoms. The Kier molecular flexibility index (Phi) is 7.89. The fourth-order valence-electron chi connectivity index (χ4n) is 3.72. The Balaban J connectivity index is 1.43. The number of aliphatic imine (C=N–C) groups is 1. The zero-order chi connectivity index (χ0) is 21.3. The molecule has 0 unspecified atom stereocenters. The molecule has 0 radical (unpaired) electrons. The molecule has 2 aromatic rings. The Morgan fingerprint density at radius 1 is 1.10 bits per heavy atom. The van der Waals surface area contributed by atoms with Crippen LogP contribution in [0.25, 0.3) is 0 Å². The van der Waals surface area contributed by atoms with Gasteiger partial charge in [-0.1, -0.05) is 6.92 Å². The number of hydrogen-bond donors (Lipinski definition) is 2. The van der Waals surface area contributed by atoms with Crippen molar-refractivity contribution >= 4 is 5.96 Å². The molecule has 2 heterocycles. The summed E-state index contributed by atoms with van der Waals surface area (Å²) in [6.45, 7) is 7.38. The third-order valence-corrected chi connectivity index (χ3v) is 5.40. The minimum absolute atomic E-state index is 0.767. The number of ether oxygens (including phenoxy) is 2. The Morgan fingerprint density at radius 3 is 2.47 bits per heavy atom. The van der Waals surface area contributed by atoms with E-state index in [-0.39, 0.29) is 0 Å². The van der Waals surface area contributed by atoms with Gasteiger partial charge in [0.1, 0.15) is 12.2 Å². The molecule has 0 atom stereocenters. The van der Waals surface area contributed by atoms with E-state index in [9.17, 15) is 0 Å². The molecule has 1 aromatic heterocycles. The van der Waals surface area contributed by atoms with Crippen LogP contribution in [0, 0.1) is 0 Å². The summed E-state index contributed by atoms with van der Waals surface area (Å²) in [5.74, 6) is 3.41. The number of nitrogens with zero attached hydrogens (tertiary/aromatic N) is 5. The van der Waals surface area contributed by atoms with E-state index in [4.69, 9.17) is 9.47 Å². The Morgan fingerprint density at radius 2 is 1.80 bits per heavy atom. The Hall–Kier alpha value is -2.81. The van der Waals surface area contributed by atoms with Gasteiger partial charge in [0.05, 0.1) is 14.2 Å². The number of aryl methyl sites for hydroxylation is 1. The van der Waals surface area contributed by atoms with Crippen LogP contribution in [-0.2, 0) is 25.9 Å². The van der Waals surface area contributed by atoms with Crippen LogP contribution in [0.15, 0.2) is 23.5 Å². The molecule has 1 aliphatic rings. The summed E-state index contributed by atoms with van der Waals surface area (Å²) in [6.07, 6.45) is 3.67. The molecule has 0 fully saturated rings. The van der Waals surface area contributed by atoms with Gasteiger partial charge in [0.15, 0.2) is 17.5 Å². The predicted molar refractivity (Wildman–Crippen MR) is 117 cm³/mol. The lowest BCUT2D eigenvalue weighted by Crippen LogP contribution is -2.43. The average Bonchev–Trinajstić information content (AvgIpc) is 3.24. The van der Waals surface area contributed by atoms with Crippen molar-refractivity contribution in [1.29, 1.82) is 0 Å². The van der Waals surface area contributed by atoms with Crippen LogP contribution in [0.3, 0.4) is 0 Å². The fourth-order valence-corrected chi connectivity index (χ4v) is 3.72. The van der Waals surface area contributed by atoms with Gasteiger partial charge in [-0.25, -0.2) is 0 Å². The topological polar surface area (TPSA) is 88.8 Å². The number of aromatic nitrogens is 3. The average molecular weight is 416 g/mol. The molecule has 164 valence electrons. The summed E-state index contributed by atoms with van der Waals surface area (Å²) in [6, 6.07) is 4.21. The summed E-state index contributed by atoms with van der Waals surface area (Å²) in [4.78, 5) is 6.76. The molecule has 1 aliphatic heterocycles. The van der Waals surface area contributed by atoms with Crippen molar-refractivity contribution in [2.45, 2.75) is 32.9 Å². The van der Waals surface area contributed by atoms with Crippen LogP contribution in [0.4, 0.5) is 0 Å². The normalized spacial score (nSPS) is 14.3. The van der Waals surface area contributed by atoms with Gasteiger partial charge in [0.2, 0.25) is 0 Å². The monoisotopic (exact) mass is 415 g/mol. The highest BCUT2D eigenvalue weighted by Crippen LogP contribution is 2.33. The highest BCUT2D eigenvalue weighted by molar-refractivity contribution is 5.79. The van der Waals surface area contributed by atoms with Crippen molar-refractivity contribution in [2.24, 2.45) is 4.99 Å². The lowest BCUT2D eigenvalue weighted by molar-refractivity contribution is 0.256. The second-order valence-electron chi connectivity index (χ2n) is 7.22. The maximum atomic E-state index is 5.45. The lowest BCUT2D eigenvalue weighted by atomic mass is 9.99. The smallest absolute Gasteiger partial charge is 0.191 e. The van der Waals surface area contributed by atoms with E-state index in [1.807, 2.05) is 0 Å². The van der Waals surface area contributed by atoms with Crippen molar-refractivity contribution < 1.29 is 9.47 Å². The number of rotatable bonds is 9. The minimum Gasteiger partial charge on any atom is -0.493 e. The van der Waals surface area contributed by atoms with E-state index in [0.717, 1.165) is 75.4 Å². The summed E-state index contributed by atoms with van der Waals surface area (Å²) in [5, 5.41) is 14.8. The standard InChI is InChI=1S/C21H33N7O2/c1-5-20-26-25-15-28(20)11-8-24-21(22-2)23-7-10-27-9-6-16-12-18(29-3)19(30-4)13-17(16)14-27/h12-13,15H,5-11,14H2,1-4H3,(H2,22,23,24). The fraction of sp³-hybridized carbons (Fsp3) is 0.571. The molecule has 1 aromatic carbocycles. The molecule has 0 spiro atoms. The number of fused-ring (bicyclic) bond motifs is 1. The van der Waals surface area contributed by atoms with Crippen LogP contribution < -0.4 is 20.1 Å². The van der Waals surface area contributed by atoms with Crippen molar-refractivity contribution in [2.75, 3.05) is 47.4 Å². The Bertz CT molecular complexity index is 850. The van der Waals surface area contributed by atoms with E-state index >= 15 is 0 Å². The molecule has 9 nitrogen and oxygen atoms in total. The third-order valence-electron chi connectivity index (χ3n) is 5.40. The molecular weight excluding hydrogens is 382 g/mol. The van der Waals surface area contributed by atoms with Crippen LogP contribution in [-0.4, -0.2) is 73.1 Å². The molecule has 3 rings (SSSR count). The first kappa shape index (κ1) is 21.9. The number of methoxy groups -OCH3 is 2. The highest BCUT2D eigenvalue weighted by atomic mass is 16.5. The second kappa shape index (κ2) is 10.8. The molecule has 0 amide bonds. The van der Waals surface area contributed by atoms with Crippen LogP contribution >= 0.6 is 0 Å². The predicted octanol–water partition coefficient (Wildman–Crippen LogP) is 1.08. The number of guanidine groups is 1. The molecule has 2 N–H and O–H groups in total. The highest BCUT2D eigenvalue weighted by Gasteiger charge is 2.19. The zero-order valence-corrected chi connectivity index (χ0v) is 18.4.